The molecule has 2 unspecified atom stereocenters. The van der Waals surface area contributed by atoms with Gasteiger partial charge in [-0.15, -0.1) is 0 Å². The lowest BCUT2D eigenvalue weighted by molar-refractivity contribution is -0.126. The first-order chi connectivity index (χ1) is 6.47. The molecule has 0 saturated carbocycles. The molecule has 0 bridgehead atoms. The lowest BCUT2D eigenvalue weighted by atomic mass is 10.2. The van der Waals surface area contributed by atoms with E-state index in [-0.39, 0.29) is 13.0 Å². The molecule has 6 nitrogen and oxygen atoms in total. The molecule has 0 aromatic heterocycles. The van der Waals surface area contributed by atoms with Crippen LogP contribution in [0.2, 0.25) is 0 Å². The van der Waals surface area contributed by atoms with Crippen LogP contribution in [0, 0.1) is 0 Å². The van der Waals surface area contributed by atoms with Crippen molar-refractivity contribution in [2.24, 2.45) is 11.5 Å². The summed E-state index contributed by atoms with van der Waals surface area (Å²) >= 11 is 0. The minimum atomic E-state index is -0.934. The van der Waals surface area contributed by atoms with Crippen molar-refractivity contribution in [3.05, 3.63) is 0 Å². The van der Waals surface area contributed by atoms with Gasteiger partial charge in [0.2, 0.25) is 11.8 Å². The molecule has 14 heavy (non-hydrogen) atoms. The second-order valence-electron chi connectivity index (χ2n) is 3.08. The van der Waals surface area contributed by atoms with Gasteiger partial charge < -0.3 is 21.9 Å². The third kappa shape index (κ3) is 5.50. The summed E-state index contributed by atoms with van der Waals surface area (Å²) in [5, 5.41) is 11.5. The van der Waals surface area contributed by atoms with Crippen LogP contribution in [-0.2, 0) is 9.59 Å². The predicted molar refractivity (Wildman–Crippen MR) is 51.1 cm³/mol. The van der Waals surface area contributed by atoms with Gasteiger partial charge in [0.1, 0.15) is 0 Å². The maximum absolute atomic E-state index is 11.1. The predicted octanol–water partition coefficient (Wildman–Crippen LogP) is -1.92. The Kier molecular flexibility index (Phi) is 5.82. The number of rotatable bonds is 6. The van der Waals surface area contributed by atoms with Gasteiger partial charge in [-0.05, 0) is 6.42 Å². The standard InChI is InChI=1S/C8H17N3O3/c1-2-5(12)4-11-8(14)6(9)3-7(10)13/h5-6,12H,2-4,9H2,1H3,(H2,10,13)(H,11,14). The van der Waals surface area contributed by atoms with E-state index in [1.807, 2.05) is 0 Å². The lowest BCUT2D eigenvalue weighted by Crippen LogP contribution is -2.45. The number of aliphatic hydroxyl groups is 1. The highest BCUT2D eigenvalue weighted by molar-refractivity contribution is 5.87. The molecule has 0 heterocycles. The zero-order valence-corrected chi connectivity index (χ0v) is 8.19. The first kappa shape index (κ1) is 12.9. The maximum Gasteiger partial charge on any atom is 0.237 e. The highest BCUT2D eigenvalue weighted by Crippen LogP contribution is 1.90. The van der Waals surface area contributed by atoms with Gasteiger partial charge in [0.25, 0.3) is 0 Å². The summed E-state index contributed by atoms with van der Waals surface area (Å²) in [6.45, 7) is 1.93. The van der Waals surface area contributed by atoms with Crippen molar-refractivity contribution in [3.63, 3.8) is 0 Å². The van der Waals surface area contributed by atoms with Gasteiger partial charge in [0.05, 0.1) is 18.6 Å². The van der Waals surface area contributed by atoms with E-state index in [4.69, 9.17) is 16.6 Å². The molecule has 2 atom stereocenters. The Morgan fingerprint density at radius 3 is 2.50 bits per heavy atom. The molecule has 0 fully saturated rings. The monoisotopic (exact) mass is 203 g/mol. The Labute approximate surface area is 82.6 Å². The molecule has 0 saturated heterocycles. The second kappa shape index (κ2) is 6.33. The molecule has 0 radical (unpaired) electrons. The SMILES string of the molecule is CCC(O)CNC(=O)C(N)CC(N)=O. The summed E-state index contributed by atoms with van der Waals surface area (Å²) in [7, 11) is 0. The molecule has 0 rings (SSSR count). The van der Waals surface area contributed by atoms with Gasteiger partial charge in [0.15, 0.2) is 0 Å². The zero-order valence-electron chi connectivity index (χ0n) is 8.19. The van der Waals surface area contributed by atoms with Crippen molar-refractivity contribution < 1.29 is 14.7 Å². The van der Waals surface area contributed by atoms with Crippen LogP contribution < -0.4 is 16.8 Å². The smallest absolute Gasteiger partial charge is 0.237 e. The summed E-state index contributed by atoms with van der Waals surface area (Å²) in [4.78, 5) is 21.6. The van der Waals surface area contributed by atoms with E-state index in [0.29, 0.717) is 6.42 Å². The van der Waals surface area contributed by atoms with Gasteiger partial charge in [-0.25, -0.2) is 0 Å². The fraction of sp³-hybridized carbons (Fsp3) is 0.750. The number of carbonyl (C=O) groups excluding carboxylic acids is 2. The number of nitrogens with one attached hydrogen (secondary N) is 1. The average Bonchev–Trinajstić information content (AvgIpc) is 2.12. The summed E-state index contributed by atoms with van der Waals surface area (Å²) in [6, 6.07) is -0.934. The van der Waals surface area contributed by atoms with E-state index in [1.54, 1.807) is 6.92 Å². The second-order valence-corrected chi connectivity index (χ2v) is 3.08. The minimum absolute atomic E-state index is 0.141. The quantitative estimate of drug-likeness (QED) is 0.402. The Bertz CT molecular complexity index is 208. The Balaban J connectivity index is 3.78. The molecule has 0 aliphatic rings. The molecular weight excluding hydrogens is 186 g/mol. The van der Waals surface area contributed by atoms with Crippen LogP contribution in [0.15, 0.2) is 0 Å². The summed E-state index contributed by atoms with van der Waals surface area (Å²) < 4.78 is 0. The number of hydrogen-bond donors (Lipinski definition) is 4. The molecule has 6 N–H and O–H groups in total. The number of amides is 2. The van der Waals surface area contributed by atoms with Crippen LogP contribution in [0.4, 0.5) is 0 Å². The van der Waals surface area contributed by atoms with Crippen LogP contribution in [0.1, 0.15) is 19.8 Å². The number of carbonyl (C=O) groups is 2. The molecule has 2 amide bonds. The van der Waals surface area contributed by atoms with Crippen LogP contribution >= 0.6 is 0 Å². The molecule has 6 heteroatoms. The molecular formula is C8H17N3O3. The lowest BCUT2D eigenvalue weighted by Gasteiger charge is -2.12. The molecule has 0 aliphatic heterocycles. The Morgan fingerprint density at radius 1 is 1.50 bits per heavy atom. The molecule has 0 aliphatic carbocycles. The fourth-order valence-electron chi connectivity index (χ4n) is 0.803. The number of primary amides is 1. The van der Waals surface area contributed by atoms with Crippen molar-refractivity contribution in [2.75, 3.05) is 6.54 Å². The highest BCUT2D eigenvalue weighted by atomic mass is 16.3. The van der Waals surface area contributed by atoms with Crippen molar-refractivity contribution in [1.82, 2.24) is 5.32 Å². The third-order valence-corrected chi connectivity index (χ3v) is 1.74. The average molecular weight is 203 g/mol. The summed E-state index contributed by atoms with van der Waals surface area (Å²) in [5.74, 6) is -1.10. The minimum Gasteiger partial charge on any atom is -0.391 e. The van der Waals surface area contributed by atoms with Crippen molar-refractivity contribution in [2.45, 2.75) is 31.9 Å². The maximum atomic E-state index is 11.1. The van der Waals surface area contributed by atoms with Crippen molar-refractivity contribution in [3.8, 4) is 0 Å². The van der Waals surface area contributed by atoms with E-state index in [1.165, 1.54) is 0 Å². The zero-order chi connectivity index (χ0) is 11.1. The van der Waals surface area contributed by atoms with E-state index >= 15 is 0 Å². The molecule has 82 valence electrons. The van der Waals surface area contributed by atoms with Crippen LogP contribution in [0.5, 0.6) is 0 Å². The fourth-order valence-corrected chi connectivity index (χ4v) is 0.803. The number of aliphatic hydroxyl groups excluding tert-OH is 1. The molecule has 0 aromatic carbocycles. The Hall–Kier alpha value is -1.14. The topological polar surface area (TPSA) is 118 Å². The van der Waals surface area contributed by atoms with E-state index in [9.17, 15) is 9.59 Å². The summed E-state index contributed by atoms with van der Waals surface area (Å²) in [6.07, 6.45) is -0.223. The number of hydrogen-bond acceptors (Lipinski definition) is 4. The van der Waals surface area contributed by atoms with E-state index in [2.05, 4.69) is 5.32 Å². The van der Waals surface area contributed by atoms with E-state index < -0.39 is 24.0 Å². The summed E-state index contributed by atoms with van der Waals surface area (Å²) in [5.41, 5.74) is 10.2. The first-order valence-corrected chi connectivity index (χ1v) is 4.47. The van der Waals surface area contributed by atoms with Gasteiger partial charge >= 0.3 is 0 Å². The van der Waals surface area contributed by atoms with Crippen LogP contribution in [0.25, 0.3) is 0 Å². The largest absolute Gasteiger partial charge is 0.391 e. The first-order valence-electron chi connectivity index (χ1n) is 4.47. The van der Waals surface area contributed by atoms with Crippen molar-refractivity contribution in [1.29, 1.82) is 0 Å². The van der Waals surface area contributed by atoms with Gasteiger partial charge in [0, 0.05) is 6.54 Å². The van der Waals surface area contributed by atoms with E-state index in [0.717, 1.165) is 0 Å². The molecule has 0 spiro atoms. The van der Waals surface area contributed by atoms with Gasteiger partial charge in [-0.3, -0.25) is 9.59 Å². The molecule has 0 aromatic rings. The Morgan fingerprint density at radius 2 is 2.07 bits per heavy atom. The highest BCUT2D eigenvalue weighted by Gasteiger charge is 2.16. The van der Waals surface area contributed by atoms with Crippen LogP contribution in [0.3, 0.4) is 0 Å². The normalized spacial score (nSPS) is 14.5. The van der Waals surface area contributed by atoms with Gasteiger partial charge in [-0.1, -0.05) is 6.92 Å². The van der Waals surface area contributed by atoms with Crippen molar-refractivity contribution >= 4 is 11.8 Å². The number of nitrogens with two attached hydrogens (primary N) is 2. The van der Waals surface area contributed by atoms with Crippen LogP contribution in [-0.4, -0.2) is 35.6 Å². The van der Waals surface area contributed by atoms with Gasteiger partial charge in [-0.2, -0.15) is 0 Å². The third-order valence-electron chi connectivity index (χ3n) is 1.74.